The van der Waals surface area contributed by atoms with Crippen LogP contribution in [0.25, 0.3) is 0 Å². The standard InChI is InChI=1S/C19H18ClNO6/c1-11(27-16-7-5-4-6-14(16)20)17(22)21-15-10-12(18(23)25-2)8-9-13(15)19(24)26-3/h4-11H,1-3H3,(H,21,22)/t11-/m0/s1. The maximum absolute atomic E-state index is 12.5. The Kier molecular flexibility index (Phi) is 6.79. The number of esters is 2. The highest BCUT2D eigenvalue weighted by molar-refractivity contribution is 6.32. The maximum Gasteiger partial charge on any atom is 0.339 e. The van der Waals surface area contributed by atoms with Crippen molar-refractivity contribution in [2.24, 2.45) is 0 Å². The predicted molar refractivity (Wildman–Crippen MR) is 99.3 cm³/mol. The summed E-state index contributed by atoms with van der Waals surface area (Å²) < 4.78 is 14.9. The molecule has 0 bridgehead atoms. The average molecular weight is 392 g/mol. The Hall–Kier alpha value is -3.06. The highest BCUT2D eigenvalue weighted by Gasteiger charge is 2.21. The number of para-hydroxylation sites is 1. The van der Waals surface area contributed by atoms with Gasteiger partial charge in [-0.2, -0.15) is 0 Å². The van der Waals surface area contributed by atoms with E-state index in [9.17, 15) is 14.4 Å². The molecule has 1 amide bonds. The zero-order chi connectivity index (χ0) is 20.0. The van der Waals surface area contributed by atoms with E-state index in [0.717, 1.165) is 0 Å². The van der Waals surface area contributed by atoms with Crippen LogP contribution in [-0.2, 0) is 14.3 Å². The van der Waals surface area contributed by atoms with E-state index in [2.05, 4.69) is 10.1 Å². The van der Waals surface area contributed by atoms with Crippen molar-refractivity contribution in [1.82, 2.24) is 0 Å². The fourth-order valence-electron chi connectivity index (χ4n) is 2.20. The molecule has 1 N–H and O–H groups in total. The van der Waals surface area contributed by atoms with Gasteiger partial charge in [-0.25, -0.2) is 9.59 Å². The molecule has 2 rings (SSSR count). The third-order valence-corrected chi connectivity index (χ3v) is 3.93. The number of methoxy groups -OCH3 is 2. The second kappa shape index (κ2) is 9.05. The number of carbonyl (C=O) groups excluding carboxylic acids is 3. The second-order valence-corrected chi connectivity index (χ2v) is 5.83. The molecule has 0 fully saturated rings. The summed E-state index contributed by atoms with van der Waals surface area (Å²) in [5.41, 5.74) is 0.355. The van der Waals surface area contributed by atoms with Crippen molar-refractivity contribution in [3.8, 4) is 5.75 Å². The molecule has 27 heavy (non-hydrogen) atoms. The van der Waals surface area contributed by atoms with Crippen molar-refractivity contribution in [3.63, 3.8) is 0 Å². The van der Waals surface area contributed by atoms with Gasteiger partial charge in [-0.1, -0.05) is 23.7 Å². The van der Waals surface area contributed by atoms with Crippen LogP contribution in [0.15, 0.2) is 42.5 Å². The summed E-state index contributed by atoms with van der Waals surface area (Å²) in [5, 5.41) is 2.93. The average Bonchev–Trinajstić information content (AvgIpc) is 2.68. The molecule has 0 unspecified atom stereocenters. The number of anilines is 1. The lowest BCUT2D eigenvalue weighted by Crippen LogP contribution is -2.31. The van der Waals surface area contributed by atoms with Crippen molar-refractivity contribution in [1.29, 1.82) is 0 Å². The highest BCUT2D eigenvalue weighted by atomic mass is 35.5. The molecule has 0 aliphatic carbocycles. The fourth-order valence-corrected chi connectivity index (χ4v) is 2.38. The van der Waals surface area contributed by atoms with Gasteiger partial charge in [0.1, 0.15) is 5.75 Å². The summed E-state index contributed by atoms with van der Waals surface area (Å²) in [6.45, 7) is 1.53. The molecule has 2 aromatic rings. The largest absolute Gasteiger partial charge is 0.479 e. The molecule has 7 nitrogen and oxygen atoms in total. The smallest absolute Gasteiger partial charge is 0.339 e. The Morgan fingerprint density at radius 1 is 1.00 bits per heavy atom. The minimum absolute atomic E-state index is 0.0865. The molecule has 0 saturated carbocycles. The van der Waals surface area contributed by atoms with Crippen LogP contribution in [0.5, 0.6) is 5.75 Å². The Balaban J connectivity index is 2.25. The molecule has 1 atom stereocenters. The monoisotopic (exact) mass is 391 g/mol. The lowest BCUT2D eigenvalue weighted by Gasteiger charge is -2.17. The SMILES string of the molecule is COC(=O)c1ccc(C(=O)OC)c(NC(=O)[C@H](C)Oc2ccccc2Cl)c1. The van der Waals surface area contributed by atoms with Gasteiger partial charge in [-0.05, 0) is 37.3 Å². The van der Waals surface area contributed by atoms with Crippen LogP contribution in [0.3, 0.4) is 0 Å². The zero-order valence-corrected chi connectivity index (χ0v) is 15.7. The Labute approximate surface area is 161 Å². The molecule has 0 radical (unpaired) electrons. The predicted octanol–water partition coefficient (Wildman–Crippen LogP) is 3.32. The van der Waals surface area contributed by atoms with Crippen molar-refractivity contribution in [3.05, 3.63) is 58.6 Å². The van der Waals surface area contributed by atoms with Crippen LogP contribution in [0.1, 0.15) is 27.6 Å². The summed E-state index contributed by atoms with van der Waals surface area (Å²) in [5.74, 6) is -1.47. The number of halogens is 1. The Morgan fingerprint density at radius 2 is 1.67 bits per heavy atom. The van der Waals surface area contributed by atoms with Gasteiger partial charge in [0.05, 0.1) is 36.1 Å². The van der Waals surface area contributed by atoms with Gasteiger partial charge >= 0.3 is 11.9 Å². The second-order valence-electron chi connectivity index (χ2n) is 5.42. The molecule has 2 aromatic carbocycles. The number of hydrogen-bond donors (Lipinski definition) is 1. The van der Waals surface area contributed by atoms with E-state index in [1.54, 1.807) is 24.3 Å². The first-order chi connectivity index (χ1) is 12.9. The quantitative estimate of drug-likeness (QED) is 0.759. The van der Waals surface area contributed by atoms with Crippen molar-refractivity contribution >= 4 is 35.1 Å². The molecular weight excluding hydrogens is 374 g/mol. The number of carbonyl (C=O) groups is 3. The molecule has 0 heterocycles. The van der Waals surface area contributed by atoms with Gasteiger partial charge in [-0.3, -0.25) is 4.79 Å². The molecule has 0 aliphatic heterocycles. The number of nitrogens with one attached hydrogen (secondary N) is 1. The lowest BCUT2D eigenvalue weighted by molar-refractivity contribution is -0.122. The van der Waals surface area contributed by atoms with E-state index in [0.29, 0.717) is 10.8 Å². The van der Waals surface area contributed by atoms with E-state index in [1.807, 2.05) is 0 Å². The van der Waals surface area contributed by atoms with Gasteiger partial charge in [0.2, 0.25) is 0 Å². The topological polar surface area (TPSA) is 90.9 Å². The van der Waals surface area contributed by atoms with E-state index in [1.165, 1.54) is 39.3 Å². The molecular formula is C19H18ClNO6. The van der Waals surface area contributed by atoms with Gasteiger partial charge < -0.3 is 19.5 Å². The summed E-state index contributed by atoms with van der Waals surface area (Å²) in [6, 6.07) is 10.8. The summed E-state index contributed by atoms with van der Waals surface area (Å²) >= 11 is 6.02. The molecule has 8 heteroatoms. The van der Waals surface area contributed by atoms with E-state index < -0.39 is 23.9 Å². The van der Waals surface area contributed by atoms with Crippen LogP contribution in [0.4, 0.5) is 5.69 Å². The zero-order valence-electron chi connectivity index (χ0n) is 14.9. The minimum atomic E-state index is -0.919. The molecule has 142 valence electrons. The van der Waals surface area contributed by atoms with E-state index in [-0.39, 0.29) is 16.8 Å². The number of hydrogen-bond acceptors (Lipinski definition) is 6. The van der Waals surface area contributed by atoms with E-state index >= 15 is 0 Å². The first kappa shape index (κ1) is 20.3. The number of benzene rings is 2. The summed E-state index contributed by atoms with van der Waals surface area (Å²) in [6.07, 6.45) is -0.919. The molecule has 0 aromatic heterocycles. The summed E-state index contributed by atoms with van der Waals surface area (Å²) in [7, 11) is 2.44. The first-order valence-electron chi connectivity index (χ1n) is 7.90. The lowest BCUT2D eigenvalue weighted by atomic mass is 10.1. The van der Waals surface area contributed by atoms with E-state index in [4.69, 9.17) is 21.1 Å². The van der Waals surface area contributed by atoms with Crippen molar-refractivity contribution < 1.29 is 28.6 Å². The van der Waals surface area contributed by atoms with Crippen molar-refractivity contribution in [2.45, 2.75) is 13.0 Å². The molecule has 0 saturated heterocycles. The number of amides is 1. The third-order valence-electron chi connectivity index (χ3n) is 3.61. The van der Waals surface area contributed by atoms with Crippen LogP contribution in [-0.4, -0.2) is 38.2 Å². The van der Waals surface area contributed by atoms with Crippen LogP contribution in [0.2, 0.25) is 5.02 Å². The van der Waals surface area contributed by atoms with Crippen LogP contribution < -0.4 is 10.1 Å². The van der Waals surface area contributed by atoms with Gasteiger partial charge in [0.15, 0.2) is 6.10 Å². The highest BCUT2D eigenvalue weighted by Crippen LogP contribution is 2.25. The van der Waals surface area contributed by atoms with Crippen molar-refractivity contribution in [2.75, 3.05) is 19.5 Å². The first-order valence-corrected chi connectivity index (χ1v) is 8.28. The molecule has 0 aliphatic rings. The van der Waals surface area contributed by atoms with Gasteiger partial charge in [0, 0.05) is 0 Å². The Morgan fingerprint density at radius 3 is 2.30 bits per heavy atom. The van der Waals surface area contributed by atoms with Crippen LogP contribution >= 0.6 is 11.6 Å². The normalized spacial score (nSPS) is 11.3. The maximum atomic E-state index is 12.5. The Bertz CT molecular complexity index is 867. The third kappa shape index (κ3) is 4.98. The minimum Gasteiger partial charge on any atom is -0.479 e. The summed E-state index contributed by atoms with van der Waals surface area (Å²) in [4.78, 5) is 36.2. The fraction of sp³-hybridized carbons (Fsp3) is 0.211. The number of ether oxygens (including phenoxy) is 3. The van der Waals surface area contributed by atoms with Gasteiger partial charge in [-0.15, -0.1) is 0 Å². The number of rotatable bonds is 6. The van der Waals surface area contributed by atoms with Gasteiger partial charge in [0.25, 0.3) is 5.91 Å². The molecule has 0 spiro atoms. The van der Waals surface area contributed by atoms with Crippen LogP contribution in [0, 0.1) is 0 Å².